The Bertz CT molecular complexity index is 700. The number of anilines is 1. The molecule has 0 radical (unpaired) electrons. The summed E-state index contributed by atoms with van der Waals surface area (Å²) in [5.74, 6) is -0.0678. The lowest BCUT2D eigenvalue weighted by Gasteiger charge is -1.95. The molecule has 0 saturated heterocycles. The minimum absolute atomic E-state index is 0.0678. The largest absolute Gasteiger partial charge is 0.320 e. The summed E-state index contributed by atoms with van der Waals surface area (Å²) < 4.78 is 0. The van der Waals surface area contributed by atoms with Crippen molar-refractivity contribution < 1.29 is 4.79 Å². The molecule has 2 aromatic rings. The number of carbonyl (C=O) groups is 1. The fourth-order valence-electron chi connectivity index (χ4n) is 2.39. The third kappa shape index (κ3) is 2.27. The molecule has 1 aliphatic heterocycles. The first kappa shape index (κ1) is 13.1. The van der Waals surface area contributed by atoms with Crippen LogP contribution in [0.15, 0.2) is 24.4 Å². The minimum Gasteiger partial charge on any atom is -0.320 e. The van der Waals surface area contributed by atoms with Crippen molar-refractivity contribution in [1.82, 2.24) is 4.98 Å². The van der Waals surface area contributed by atoms with Crippen LogP contribution in [0.1, 0.15) is 34.4 Å². The molecule has 3 nitrogen and oxygen atoms in total. The molecular formula is C16H16N2OS. The molecular weight excluding hydrogens is 268 g/mol. The number of thiophene rings is 1. The van der Waals surface area contributed by atoms with E-state index < -0.39 is 0 Å². The highest BCUT2D eigenvalue weighted by molar-refractivity contribution is 7.13. The van der Waals surface area contributed by atoms with Crippen LogP contribution in [0.4, 0.5) is 5.69 Å². The Morgan fingerprint density at radius 3 is 3.10 bits per heavy atom. The summed E-state index contributed by atoms with van der Waals surface area (Å²) in [6.45, 7) is 4.31. The maximum absolute atomic E-state index is 12.0. The summed E-state index contributed by atoms with van der Waals surface area (Å²) in [6, 6.07) is 5.86. The zero-order valence-electron chi connectivity index (χ0n) is 11.6. The molecule has 1 aliphatic rings. The third-order valence-electron chi connectivity index (χ3n) is 3.36. The number of carbonyl (C=O) groups excluding carboxylic acids is 1. The Hall–Kier alpha value is -1.94. The first-order chi connectivity index (χ1) is 9.69. The van der Waals surface area contributed by atoms with E-state index in [4.69, 9.17) is 0 Å². The van der Waals surface area contributed by atoms with Crippen LogP contribution in [0.5, 0.6) is 0 Å². The first-order valence-corrected chi connectivity index (χ1v) is 7.58. The maximum atomic E-state index is 12.0. The molecule has 0 spiro atoms. The van der Waals surface area contributed by atoms with Gasteiger partial charge in [-0.2, -0.15) is 0 Å². The Labute approximate surface area is 122 Å². The second kappa shape index (κ2) is 5.21. The van der Waals surface area contributed by atoms with E-state index in [1.165, 1.54) is 10.4 Å². The van der Waals surface area contributed by atoms with Crippen LogP contribution in [0, 0.1) is 6.92 Å². The molecule has 0 aromatic carbocycles. The van der Waals surface area contributed by atoms with E-state index in [0.717, 1.165) is 29.1 Å². The third-order valence-corrected chi connectivity index (χ3v) is 4.60. The smallest absolute Gasteiger partial charge is 0.258 e. The molecule has 0 saturated carbocycles. The number of amides is 1. The van der Waals surface area contributed by atoms with Gasteiger partial charge in [-0.05, 0) is 43.2 Å². The molecule has 0 bridgehead atoms. The molecule has 2 aromatic heterocycles. The van der Waals surface area contributed by atoms with Crippen LogP contribution < -0.4 is 5.32 Å². The van der Waals surface area contributed by atoms with Gasteiger partial charge in [0.2, 0.25) is 0 Å². The van der Waals surface area contributed by atoms with Gasteiger partial charge in [-0.3, -0.25) is 9.78 Å². The second-order valence-corrected chi connectivity index (χ2v) is 6.08. The first-order valence-electron chi connectivity index (χ1n) is 6.76. The lowest BCUT2D eigenvalue weighted by molar-refractivity contribution is -0.110. The molecule has 0 fully saturated rings. The van der Waals surface area contributed by atoms with Crippen molar-refractivity contribution in [2.45, 2.75) is 26.7 Å². The van der Waals surface area contributed by atoms with E-state index in [9.17, 15) is 4.79 Å². The van der Waals surface area contributed by atoms with Crippen molar-refractivity contribution in [3.8, 4) is 0 Å². The van der Waals surface area contributed by atoms with Crippen molar-refractivity contribution >= 4 is 34.6 Å². The average Bonchev–Trinajstić information content (AvgIpc) is 2.92. The fourth-order valence-corrected chi connectivity index (χ4v) is 3.61. The van der Waals surface area contributed by atoms with Gasteiger partial charge in [-0.1, -0.05) is 13.3 Å². The van der Waals surface area contributed by atoms with Crippen LogP contribution in [0.2, 0.25) is 0 Å². The normalized spacial score (nSPS) is 15.5. The summed E-state index contributed by atoms with van der Waals surface area (Å²) in [4.78, 5) is 18.9. The highest BCUT2D eigenvalue weighted by Gasteiger charge is 2.25. The molecule has 0 unspecified atom stereocenters. The van der Waals surface area contributed by atoms with Crippen molar-refractivity contribution in [2.24, 2.45) is 0 Å². The number of hydrogen-bond acceptors (Lipinski definition) is 3. The average molecular weight is 284 g/mol. The number of pyridine rings is 1. The maximum Gasteiger partial charge on any atom is 0.258 e. The van der Waals surface area contributed by atoms with Gasteiger partial charge in [0.15, 0.2) is 0 Å². The number of aromatic nitrogens is 1. The number of hydrogen-bond donors (Lipinski definition) is 1. The Morgan fingerprint density at radius 1 is 1.45 bits per heavy atom. The van der Waals surface area contributed by atoms with Gasteiger partial charge < -0.3 is 5.32 Å². The summed E-state index contributed by atoms with van der Waals surface area (Å²) in [7, 11) is 0. The van der Waals surface area contributed by atoms with E-state index in [1.807, 2.05) is 18.2 Å². The van der Waals surface area contributed by atoms with Crippen LogP contribution >= 0.6 is 11.3 Å². The monoisotopic (exact) mass is 284 g/mol. The zero-order valence-corrected chi connectivity index (χ0v) is 12.4. The Balaban J connectivity index is 2.00. The molecule has 1 N–H and O–H groups in total. The summed E-state index contributed by atoms with van der Waals surface area (Å²) in [5, 5.41) is 2.85. The molecule has 102 valence electrons. The number of nitrogens with zero attached hydrogens (tertiary/aromatic N) is 1. The number of rotatable bonds is 3. The summed E-state index contributed by atoms with van der Waals surface area (Å²) in [6.07, 6.45) is 5.91. The molecule has 3 heterocycles. The van der Waals surface area contributed by atoms with Crippen molar-refractivity contribution in [2.75, 3.05) is 5.32 Å². The van der Waals surface area contributed by atoms with E-state index in [1.54, 1.807) is 17.5 Å². The van der Waals surface area contributed by atoms with Gasteiger partial charge in [0.05, 0.1) is 17.0 Å². The lowest BCUT2D eigenvalue weighted by Crippen LogP contribution is -2.03. The molecule has 3 rings (SSSR count). The number of fused-ring (bicyclic) bond motifs is 1. The summed E-state index contributed by atoms with van der Waals surface area (Å²) in [5.41, 5.74) is 3.51. The SMILES string of the molecule is CCCc1sc(C=C2C(=O)Nc3cccnc32)cc1C. The summed E-state index contributed by atoms with van der Waals surface area (Å²) >= 11 is 1.76. The molecule has 20 heavy (non-hydrogen) atoms. The van der Waals surface area contributed by atoms with Gasteiger partial charge in [-0.15, -0.1) is 11.3 Å². The Morgan fingerprint density at radius 2 is 2.30 bits per heavy atom. The molecule has 0 aliphatic carbocycles. The zero-order chi connectivity index (χ0) is 14.1. The van der Waals surface area contributed by atoms with Gasteiger partial charge >= 0.3 is 0 Å². The molecule has 1 amide bonds. The predicted octanol–water partition coefficient (Wildman–Crippen LogP) is 3.90. The van der Waals surface area contributed by atoms with Gasteiger partial charge in [0.1, 0.15) is 0 Å². The van der Waals surface area contributed by atoms with E-state index in [-0.39, 0.29) is 5.91 Å². The highest BCUT2D eigenvalue weighted by Crippen LogP contribution is 2.33. The van der Waals surface area contributed by atoms with Crippen LogP contribution in [-0.2, 0) is 11.2 Å². The number of nitrogens with one attached hydrogen (secondary N) is 1. The Kier molecular flexibility index (Phi) is 3.40. The lowest BCUT2D eigenvalue weighted by atomic mass is 10.1. The van der Waals surface area contributed by atoms with Crippen LogP contribution in [0.3, 0.4) is 0 Å². The van der Waals surface area contributed by atoms with Crippen molar-refractivity contribution in [3.05, 3.63) is 45.4 Å². The van der Waals surface area contributed by atoms with Crippen molar-refractivity contribution in [3.63, 3.8) is 0 Å². The number of aryl methyl sites for hydroxylation is 2. The molecule has 0 atom stereocenters. The van der Waals surface area contributed by atoms with E-state index >= 15 is 0 Å². The van der Waals surface area contributed by atoms with Gasteiger partial charge in [-0.25, -0.2) is 0 Å². The van der Waals surface area contributed by atoms with Crippen LogP contribution in [0.25, 0.3) is 11.6 Å². The second-order valence-electron chi connectivity index (χ2n) is 4.92. The van der Waals surface area contributed by atoms with E-state index in [0.29, 0.717) is 5.57 Å². The standard InChI is InChI=1S/C16H16N2OS/c1-3-5-14-10(2)8-11(20-14)9-12-15-13(18-16(12)19)6-4-7-17-15/h4,6-9H,3,5H2,1-2H3,(H,18,19). The highest BCUT2D eigenvalue weighted by atomic mass is 32.1. The molecule has 4 heteroatoms. The van der Waals surface area contributed by atoms with Crippen LogP contribution in [-0.4, -0.2) is 10.9 Å². The quantitative estimate of drug-likeness (QED) is 0.869. The predicted molar refractivity (Wildman–Crippen MR) is 83.8 cm³/mol. The van der Waals surface area contributed by atoms with Crippen molar-refractivity contribution in [1.29, 1.82) is 0 Å². The minimum atomic E-state index is -0.0678. The fraction of sp³-hybridized carbons (Fsp3) is 0.250. The van der Waals surface area contributed by atoms with E-state index in [2.05, 4.69) is 30.2 Å². The van der Waals surface area contributed by atoms with Gasteiger partial charge in [0, 0.05) is 16.0 Å². The van der Waals surface area contributed by atoms with Gasteiger partial charge in [0.25, 0.3) is 5.91 Å². The topological polar surface area (TPSA) is 42.0 Å².